The Labute approximate surface area is 95.6 Å². The Kier molecular flexibility index (Phi) is 5.32. The predicted molar refractivity (Wildman–Crippen MR) is 66.9 cm³/mol. The summed E-state index contributed by atoms with van der Waals surface area (Å²) in [6.45, 7) is 2.16. The van der Waals surface area contributed by atoms with Gasteiger partial charge in [-0.15, -0.1) is 0 Å². The zero-order valence-corrected chi connectivity index (χ0v) is 10.3. The molecule has 0 spiro atoms. The molecule has 1 aromatic heterocycles. The molecule has 1 unspecified atom stereocenters. The van der Waals surface area contributed by atoms with Gasteiger partial charge in [0.15, 0.2) is 0 Å². The van der Waals surface area contributed by atoms with E-state index in [1.54, 1.807) is 7.11 Å². The van der Waals surface area contributed by atoms with E-state index in [0.717, 1.165) is 18.0 Å². The van der Waals surface area contributed by atoms with Crippen molar-refractivity contribution in [2.45, 2.75) is 19.4 Å². The lowest BCUT2D eigenvalue weighted by Gasteiger charge is -2.14. The molecule has 1 atom stereocenters. The molecule has 1 heterocycles. The summed E-state index contributed by atoms with van der Waals surface area (Å²) in [6, 6.07) is 6.18. The van der Waals surface area contributed by atoms with Gasteiger partial charge in [0, 0.05) is 12.1 Å². The maximum absolute atomic E-state index is 5.06. The van der Waals surface area contributed by atoms with Crippen LogP contribution < -0.4 is 10.1 Å². The second-order valence-electron chi connectivity index (χ2n) is 3.39. The minimum absolute atomic E-state index is 0.442. The summed E-state index contributed by atoms with van der Waals surface area (Å²) in [5.41, 5.74) is 0. The van der Waals surface area contributed by atoms with Crippen molar-refractivity contribution in [1.82, 2.24) is 4.98 Å². The lowest BCUT2D eigenvalue weighted by Crippen LogP contribution is -2.16. The van der Waals surface area contributed by atoms with Gasteiger partial charge < -0.3 is 10.1 Å². The van der Waals surface area contributed by atoms with Gasteiger partial charge in [0.25, 0.3) is 0 Å². The van der Waals surface area contributed by atoms with E-state index in [-0.39, 0.29) is 0 Å². The van der Waals surface area contributed by atoms with E-state index in [1.165, 1.54) is 0 Å². The number of pyridine rings is 1. The number of nitrogens with one attached hydrogen (secondary N) is 1. The van der Waals surface area contributed by atoms with E-state index in [2.05, 4.69) is 23.5 Å². The summed E-state index contributed by atoms with van der Waals surface area (Å²) < 4.78 is 5.06. The monoisotopic (exact) mass is 226 g/mol. The minimum Gasteiger partial charge on any atom is -0.481 e. The van der Waals surface area contributed by atoms with E-state index in [1.807, 2.05) is 30.0 Å². The second-order valence-corrected chi connectivity index (χ2v) is 4.38. The van der Waals surface area contributed by atoms with Crippen molar-refractivity contribution < 1.29 is 4.74 Å². The fraction of sp³-hybridized carbons (Fsp3) is 0.545. The Balaban J connectivity index is 2.48. The highest BCUT2D eigenvalue weighted by Crippen LogP contribution is 2.13. The fourth-order valence-electron chi connectivity index (χ4n) is 1.23. The minimum atomic E-state index is 0.442. The first-order valence-corrected chi connectivity index (χ1v) is 6.42. The first-order valence-electron chi connectivity index (χ1n) is 5.02. The van der Waals surface area contributed by atoms with Gasteiger partial charge in [-0.05, 0) is 31.4 Å². The van der Waals surface area contributed by atoms with Crippen molar-refractivity contribution >= 4 is 17.6 Å². The van der Waals surface area contributed by atoms with Crippen LogP contribution in [0.2, 0.25) is 0 Å². The highest BCUT2D eigenvalue weighted by molar-refractivity contribution is 7.98. The summed E-state index contributed by atoms with van der Waals surface area (Å²) in [5.74, 6) is 2.69. The zero-order chi connectivity index (χ0) is 11.1. The molecule has 1 N–H and O–H groups in total. The Bertz CT molecular complexity index is 294. The van der Waals surface area contributed by atoms with E-state index in [9.17, 15) is 0 Å². The van der Waals surface area contributed by atoms with Gasteiger partial charge >= 0.3 is 0 Å². The summed E-state index contributed by atoms with van der Waals surface area (Å²) in [6.07, 6.45) is 3.26. The van der Waals surface area contributed by atoms with Crippen LogP contribution in [0.15, 0.2) is 18.2 Å². The molecule has 1 aromatic rings. The number of hydrogen-bond donors (Lipinski definition) is 1. The average Bonchev–Trinajstić information content (AvgIpc) is 2.26. The molecule has 0 amide bonds. The van der Waals surface area contributed by atoms with Crippen LogP contribution in [0.4, 0.5) is 5.82 Å². The van der Waals surface area contributed by atoms with Crippen molar-refractivity contribution in [2.24, 2.45) is 0 Å². The molecule has 0 saturated heterocycles. The largest absolute Gasteiger partial charge is 0.481 e. The van der Waals surface area contributed by atoms with E-state index in [4.69, 9.17) is 4.74 Å². The predicted octanol–water partition coefficient (Wildman–Crippen LogP) is 2.64. The van der Waals surface area contributed by atoms with E-state index < -0.39 is 0 Å². The Hall–Kier alpha value is -0.900. The molecular formula is C11H18N2OS. The van der Waals surface area contributed by atoms with Crippen molar-refractivity contribution in [2.75, 3.05) is 24.4 Å². The third-order valence-corrected chi connectivity index (χ3v) is 2.73. The molecule has 3 nitrogen and oxygen atoms in total. The van der Waals surface area contributed by atoms with Crippen LogP contribution in [0.5, 0.6) is 5.88 Å². The molecule has 0 radical (unpaired) electrons. The SMILES string of the molecule is COc1cccc(NC(C)CCSC)n1. The molecule has 0 aliphatic rings. The number of thioether (sulfide) groups is 1. The van der Waals surface area contributed by atoms with Crippen LogP contribution in [-0.4, -0.2) is 30.1 Å². The number of hydrogen-bond acceptors (Lipinski definition) is 4. The molecule has 0 fully saturated rings. The van der Waals surface area contributed by atoms with Crippen LogP contribution in [0.1, 0.15) is 13.3 Å². The van der Waals surface area contributed by atoms with Gasteiger partial charge in [0.1, 0.15) is 5.82 Å². The summed E-state index contributed by atoms with van der Waals surface area (Å²) in [7, 11) is 1.63. The summed E-state index contributed by atoms with van der Waals surface area (Å²) >= 11 is 1.86. The molecule has 15 heavy (non-hydrogen) atoms. The highest BCUT2D eigenvalue weighted by atomic mass is 32.2. The van der Waals surface area contributed by atoms with Crippen molar-refractivity contribution in [3.8, 4) is 5.88 Å². The van der Waals surface area contributed by atoms with Gasteiger partial charge in [0.2, 0.25) is 5.88 Å². The molecule has 0 aliphatic heterocycles. The third-order valence-electron chi connectivity index (χ3n) is 2.08. The molecule has 84 valence electrons. The van der Waals surface area contributed by atoms with Gasteiger partial charge in [-0.25, -0.2) is 0 Å². The van der Waals surface area contributed by atoms with Gasteiger partial charge in [-0.2, -0.15) is 16.7 Å². The molecule has 1 rings (SSSR count). The number of nitrogens with zero attached hydrogens (tertiary/aromatic N) is 1. The molecular weight excluding hydrogens is 208 g/mol. The van der Waals surface area contributed by atoms with Crippen LogP contribution in [-0.2, 0) is 0 Å². The smallest absolute Gasteiger partial charge is 0.214 e. The van der Waals surface area contributed by atoms with Gasteiger partial charge in [-0.3, -0.25) is 0 Å². The molecule has 4 heteroatoms. The lowest BCUT2D eigenvalue weighted by atomic mass is 10.2. The van der Waals surface area contributed by atoms with E-state index in [0.29, 0.717) is 11.9 Å². The number of aromatic nitrogens is 1. The normalized spacial score (nSPS) is 12.2. The topological polar surface area (TPSA) is 34.1 Å². The summed E-state index contributed by atoms with van der Waals surface area (Å²) in [5, 5.41) is 3.35. The van der Waals surface area contributed by atoms with Crippen LogP contribution in [0.25, 0.3) is 0 Å². The second kappa shape index (κ2) is 6.56. The van der Waals surface area contributed by atoms with E-state index >= 15 is 0 Å². The van der Waals surface area contributed by atoms with Crippen LogP contribution >= 0.6 is 11.8 Å². The summed E-state index contributed by atoms with van der Waals surface area (Å²) in [4.78, 5) is 4.30. The van der Waals surface area contributed by atoms with Crippen molar-refractivity contribution in [3.63, 3.8) is 0 Å². The Morgan fingerprint density at radius 2 is 2.33 bits per heavy atom. The molecule has 0 aliphatic carbocycles. The molecule has 0 aromatic carbocycles. The number of ether oxygens (including phenoxy) is 1. The number of anilines is 1. The quantitative estimate of drug-likeness (QED) is 0.808. The first kappa shape index (κ1) is 12.2. The lowest BCUT2D eigenvalue weighted by molar-refractivity contribution is 0.398. The number of rotatable bonds is 6. The first-order chi connectivity index (χ1) is 7.26. The highest BCUT2D eigenvalue weighted by Gasteiger charge is 2.02. The third kappa shape index (κ3) is 4.42. The maximum atomic E-state index is 5.06. The van der Waals surface area contributed by atoms with Crippen LogP contribution in [0, 0.1) is 0 Å². The Morgan fingerprint density at radius 1 is 1.53 bits per heavy atom. The molecule has 0 bridgehead atoms. The zero-order valence-electron chi connectivity index (χ0n) is 9.49. The van der Waals surface area contributed by atoms with Crippen LogP contribution in [0.3, 0.4) is 0 Å². The van der Waals surface area contributed by atoms with Crippen molar-refractivity contribution in [1.29, 1.82) is 0 Å². The van der Waals surface area contributed by atoms with Crippen molar-refractivity contribution in [3.05, 3.63) is 18.2 Å². The van der Waals surface area contributed by atoms with Gasteiger partial charge in [-0.1, -0.05) is 6.07 Å². The van der Waals surface area contributed by atoms with Gasteiger partial charge in [0.05, 0.1) is 7.11 Å². The average molecular weight is 226 g/mol. The standard InChI is InChI=1S/C11H18N2OS/c1-9(7-8-15-3)12-10-5-4-6-11(13-10)14-2/h4-6,9H,7-8H2,1-3H3,(H,12,13). The maximum Gasteiger partial charge on any atom is 0.214 e. The Morgan fingerprint density at radius 3 is 3.00 bits per heavy atom. The fourth-order valence-corrected chi connectivity index (χ4v) is 1.82. The molecule has 0 saturated carbocycles. The number of methoxy groups -OCH3 is 1.